The van der Waals surface area contributed by atoms with Crippen LogP contribution in [0.1, 0.15) is 0 Å². The molecule has 0 radical (unpaired) electrons. The highest BCUT2D eigenvalue weighted by molar-refractivity contribution is 8.01. The number of rotatable bonds is 5. The number of ether oxygens (including phenoxy) is 2. The average molecular weight is 375 g/mol. The highest BCUT2D eigenvalue weighted by atomic mass is 32.2. The van der Waals surface area contributed by atoms with E-state index in [1.165, 1.54) is 17.4 Å². The van der Waals surface area contributed by atoms with E-state index in [1.807, 2.05) is 24.3 Å². The van der Waals surface area contributed by atoms with Gasteiger partial charge in [0.2, 0.25) is 5.13 Å². The van der Waals surface area contributed by atoms with Crippen molar-refractivity contribution >= 4 is 33.9 Å². The molecule has 0 amide bonds. The van der Waals surface area contributed by atoms with Gasteiger partial charge in [-0.15, -0.1) is 10.2 Å². The van der Waals surface area contributed by atoms with E-state index in [0.717, 1.165) is 15.8 Å². The van der Waals surface area contributed by atoms with E-state index < -0.39 is 0 Å². The van der Waals surface area contributed by atoms with Crippen LogP contribution in [0.2, 0.25) is 0 Å². The van der Waals surface area contributed by atoms with Gasteiger partial charge in [-0.1, -0.05) is 47.4 Å². The van der Waals surface area contributed by atoms with Crippen LogP contribution in [-0.2, 0) is 0 Å². The van der Waals surface area contributed by atoms with E-state index >= 15 is 0 Å². The molecule has 0 saturated heterocycles. The van der Waals surface area contributed by atoms with Gasteiger partial charge in [0.15, 0.2) is 15.8 Å². The number of hydrogen-bond donors (Lipinski definition) is 1. The van der Waals surface area contributed by atoms with Crippen molar-refractivity contribution < 1.29 is 13.9 Å². The third-order valence-electron chi connectivity index (χ3n) is 3.48. The van der Waals surface area contributed by atoms with Crippen LogP contribution in [0.3, 0.4) is 0 Å². The molecule has 5 nitrogen and oxygen atoms in total. The molecule has 1 N–H and O–H groups in total. The van der Waals surface area contributed by atoms with Gasteiger partial charge in [0.25, 0.3) is 0 Å². The van der Waals surface area contributed by atoms with E-state index in [0.29, 0.717) is 23.2 Å². The summed E-state index contributed by atoms with van der Waals surface area (Å²) in [6.45, 7) is 0.503. The maximum absolute atomic E-state index is 13.7. The summed E-state index contributed by atoms with van der Waals surface area (Å²) in [6.07, 6.45) is -0.0493. The lowest BCUT2D eigenvalue weighted by atomic mass is 10.3. The van der Waals surface area contributed by atoms with Gasteiger partial charge in [0.05, 0.1) is 5.69 Å². The zero-order valence-corrected chi connectivity index (χ0v) is 14.6. The molecule has 2 aromatic carbocycles. The van der Waals surface area contributed by atoms with Crippen LogP contribution >= 0.6 is 23.1 Å². The number of aromatic nitrogens is 2. The SMILES string of the molecule is Fc1ccccc1Nc1nnc(SC[C@H]2COc3ccccc3O2)s1. The van der Waals surface area contributed by atoms with Crippen LogP contribution in [-0.4, -0.2) is 28.7 Å². The lowest BCUT2D eigenvalue weighted by molar-refractivity contribution is 0.107. The standard InChI is InChI=1S/C17H14FN3O2S2/c18-12-5-1-2-6-13(12)19-16-20-21-17(25-16)24-10-11-9-22-14-7-3-4-8-15(14)23-11/h1-8,11H,9-10H2,(H,19,20)/t11-/m1/s1. The van der Waals surface area contributed by atoms with Crippen molar-refractivity contribution in [1.29, 1.82) is 0 Å². The van der Waals surface area contributed by atoms with Crippen molar-refractivity contribution in [3.8, 4) is 11.5 Å². The number of benzene rings is 2. The van der Waals surface area contributed by atoms with Crippen molar-refractivity contribution in [1.82, 2.24) is 10.2 Å². The normalized spacial score (nSPS) is 15.8. The number of fused-ring (bicyclic) bond motifs is 1. The highest BCUT2D eigenvalue weighted by Gasteiger charge is 2.21. The fourth-order valence-corrected chi connectivity index (χ4v) is 4.06. The van der Waals surface area contributed by atoms with Gasteiger partial charge in [-0.2, -0.15) is 0 Å². The molecule has 128 valence electrons. The molecule has 3 aromatic rings. The van der Waals surface area contributed by atoms with Crippen LogP contribution in [0.25, 0.3) is 0 Å². The number of anilines is 2. The Morgan fingerprint density at radius 1 is 1.12 bits per heavy atom. The summed E-state index contributed by atoms with van der Waals surface area (Å²) in [7, 11) is 0. The molecule has 4 rings (SSSR count). The fourth-order valence-electron chi connectivity index (χ4n) is 2.31. The Morgan fingerprint density at radius 3 is 2.80 bits per heavy atom. The monoisotopic (exact) mass is 375 g/mol. The minimum Gasteiger partial charge on any atom is -0.486 e. The number of thioether (sulfide) groups is 1. The second-order valence-electron chi connectivity index (χ2n) is 5.29. The molecule has 1 aliphatic rings. The quantitative estimate of drug-likeness (QED) is 0.669. The van der Waals surface area contributed by atoms with Gasteiger partial charge >= 0.3 is 0 Å². The summed E-state index contributed by atoms with van der Waals surface area (Å²) in [5.74, 6) is 1.91. The summed E-state index contributed by atoms with van der Waals surface area (Å²) in [5, 5.41) is 11.7. The Hall–Kier alpha value is -2.32. The first-order chi connectivity index (χ1) is 12.3. The molecule has 0 aliphatic carbocycles. The lowest BCUT2D eigenvalue weighted by Crippen LogP contribution is -2.31. The Morgan fingerprint density at radius 2 is 1.92 bits per heavy atom. The van der Waals surface area contributed by atoms with Crippen molar-refractivity contribution in [3.05, 3.63) is 54.3 Å². The second kappa shape index (κ2) is 7.28. The predicted octanol–water partition coefficient (Wildman–Crippen LogP) is 4.35. The van der Waals surface area contributed by atoms with Gasteiger partial charge < -0.3 is 14.8 Å². The summed E-state index contributed by atoms with van der Waals surface area (Å²) in [5.41, 5.74) is 0.385. The van der Waals surface area contributed by atoms with E-state index in [-0.39, 0.29) is 11.9 Å². The largest absolute Gasteiger partial charge is 0.486 e. The molecule has 0 spiro atoms. The minimum absolute atomic E-state index is 0.0493. The average Bonchev–Trinajstić information content (AvgIpc) is 3.09. The molecular weight excluding hydrogens is 361 g/mol. The Kier molecular flexibility index (Phi) is 4.71. The number of nitrogens with one attached hydrogen (secondary N) is 1. The molecule has 25 heavy (non-hydrogen) atoms. The first kappa shape index (κ1) is 16.2. The maximum Gasteiger partial charge on any atom is 0.210 e. The van der Waals surface area contributed by atoms with Gasteiger partial charge in [-0.3, -0.25) is 0 Å². The molecule has 0 unspecified atom stereocenters. The molecule has 1 atom stereocenters. The van der Waals surface area contributed by atoms with Gasteiger partial charge in [-0.25, -0.2) is 4.39 Å². The van der Waals surface area contributed by atoms with Crippen LogP contribution in [0.4, 0.5) is 15.2 Å². The van der Waals surface area contributed by atoms with Crippen molar-refractivity contribution in [2.45, 2.75) is 10.4 Å². The molecule has 1 aliphatic heterocycles. The van der Waals surface area contributed by atoms with E-state index in [9.17, 15) is 4.39 Å². The zero-order valence-electron chi connectivity index (χ0n) is 13.0. The summed E-state index contributed by atoms with van der Waals surface area (Å²) in [4.78, 5) is 0. The van der Waals surface area contributed by atoms with Crippen molar-refractivity contribution in [2.75, 3.05) is 17.7 Å². The molecular formula is C17H14FN3O2S2. The van der Waals surface area contributed by atoms with Gasteiger partial charge in [-0.05, 0) is 24.3 Å². The summed E-state index contributed by atoms with van der Waals surface area (Å²) < 4.78 is 26.1. The fraction of sp³-hybridized carbons (Fsp3) is 0.176. The van der Waals surface area contributed by atoms with Crippen LogP contribution < -0.4 is 14.8 Å². The maximum atomic E-state index is 13.7. The highest BCUT2D eigenvalue weighted by Crippen LogP contribution is 2.34. The van der Waals surface area contributed by atoms with Crippen LogP contribution in [0, 0.1) is 5.82 Å². The van der Waals surface area contributed by atoms with Crippen molar-refractivity contribution in [2.24, 2.45) is 0 Å². The van der Waals surface area contributed by atoms with E-state index in [1.54, 1.807) is 30.0 Å². The van der Waals surface area contributed by atoms with E-state index in [4.69, 9.17) is 9.47 Å². The van der Waals surface area contributed by atoms with E-state index in [2.05, 4.69) is 15.5 Å². The zero-order chi connectivity index (χ0) is 17.1. The number of halogens is 1. The Balaban J connectivity index is 1.34. The third-order valence-corrected chi connectivity index (χ3v) is 5.59. The number of para-hydroxylation sites is 3. The topological polar surface area (TPSA) is 56.3 Å². The summed E-state index contributed by atoms with van der Waals surface area (Å²) >= 11 is 2.92. The minimum atomic E-state index is -0.321. The van der Waals surface area contributed by atoms with Crippen LogP contribution in [0.15, 0.2) is 52.9 Å². The number of hydrogen-bond acceptors (Lipinski definition) is 7. The first-order valence-corrected chi connectivity index (χ1v) is 9.44. The third kappa shape index (κ3) is 3.85. The molecule has 0 fully saturated rings. The first-order valence-electron chi connectivity index (χ1n) is 7.64. The summed E-state index contributed by atoms with van der Waals surface area (Å²) in [6, 6.07) is 14.1. The Labute approximate surface area is 152 Å². The Bertz CT molecular complexity index is 874. The molecule has 1 aromatic heterocycles. The molecule has 0 bridgehead atoms. The van der Waals surface area contributed by atoms with Gasteiger partial charge in [0, 0.05) is 5.75 Å². The number of nitrogens with zero attached hydrogens (tertiary/aromatic N) is 2. The molecule has 2 heterocycles. The van der Waals surface area contributed by atoms with Crippen molar-refractivity contribution in [3.63, 3.8) is 0 Å². The molecule has 8 heteroatoms. The second-order valence-corrected chi connectivity index (χ2v) is 7.53. The lowest BCUT2D eigenvalue weighted by Gasteiger charge is -2.25. The van der Waals surface area contributed by atoms with Gasteiger partial charge in [0.1, 0.15) is 18.5 Å². The predicted molar refractivity (Wildman–Crippen MR) is 96.7 cm³/mol. The van der Waals surface area contributed by atoms with Crippen LogP contribution in [0.5, 0.6) is 11.5 Å². The smallest absolute Gasteiger partial charge is 0.210 e. The molecule has 0 saturated carbocycles.